The molecule has 6 nitrogen and oxygen atoms in total. The molecule has 3 aromatic rings. The minimum Gasteiger partial charge on any atom is -0.490 e. The Bertz CT molecular complexity index is 1200. The Morgan fingerprint density at radius 3 is 2.76 bits per heavy atom. The Hall–Kier alpha value is -3.16. The van der Waals surface area contributed by atoms with Crippen molar-refractivity contribution in [2.45, 2.75) is 13.5 Å². The number of carbonyl (C=O) groups excluding carboxylic acids is 1. The van der Waals surface area contributed by atoms with Crippen molar-refractivity contribution >= 4 is 45.2 Å². The second-order valence-corrected chi connectivity index (χ2v) is 8.30. The van der Waals surface area contributed by atoms with Gasteiger partial charge in [-0.3, -0.25) is 4.79 Å². The van der Waals surface area contributed by atoms with E-state index in [1.807, 2.05) is 43.3 Å². The van der Waals surface area contributed by atoms with Gasteiger partial charge in [-0.2, -0.15) is 0 Å². The number of hydrogen-bond donors (Lipinski definition) is 1. The summed E-state index contributed by atoms with van der Waals surface area (Å²) in [4.78, 5) is 12.4. The third-order valence-corrected chi connectivity index (χ3v) is 5.69. The van der Waals surface area contributed by atoms with Crippen molar-refractivity contribution < 1.29 is 23.7 Å². The number of halogens is 2. The van der Waals surface area contributed by atoms with Crippen LogP contribution in [0.25, 0.3) is 6.08 Å². The molecule has 1 aliphatic rings. The number of nitrogens with one attached hydrogen (secondary N) is 1. The van der Waals surface area contributed by atoms with Gasteiger partial charge >= 0.3 is 0 Å². The molecule has 8 heteroatoms. The number of hydrogen-bond acceptors (Lipinski definition) is 5. The molecule has 3 aromatic carbocycles. The van der Waals surface area contributed by atoms with Crippen LogP contribution in [-0.2, 0) is 11.4 Å². The molecule has 33 heavy (non-hydrogen) atoms. The molecule has 1 heterocycles. The highest BCUT2D eigenvalue weighted by Gasteiger charge is 2.15. The number of carbonyl (C=O) groups is 1. The number of rotatable bonds is 8. The minimum absolute atomic E-state index is 0.182. The van der Waals surface area contributed by atoms with E-state index in [2.05, 4.69) is 21.2 Å². The molecule has 0 spiro atoms. The molecule has 0 unspecified atom stereocenters. The van der Waals surface area contributed by atoms with Crippen LogP contribution in [0.3, 0.4) is 0 Å². The van der Waals surface area contributed by atoms with E-state index in [-0.39, 0.29) is 12.7 Å². The van der Waals surface area contributed by atoms with E-state index in [0.29, 0.717) is 51.4 Å². The molecule has 4 rings (SSSR count). The van der Waals surface area contributed by atoms with Crippen LogP contribution in [0.1, 0.15) is 18.1 Å². The lowest BCUT2D eigenvalue weighted by atomic mass is 10.1. The third kappa shape index (κ3) is 5.80. The summed E-state index contributed by atoms with van der Waals surface area (Å²) >= 11 is 9.78. The first kappa shape index (κ1) is 23.0. The van der Waals surface area contributed by atoms with E-state index in [1.165, 1.54) is 6.08 Å². The second-order valence-electron chi connectivity index (χ2n) is 7.03. The van der Waals surface area contributed by atoms with Gasteiger partial charge < -0.3 is 24.3 Å². The zero-order valence-corrected chi connectivity index (χ0v) is 20.1. The van der Waals surface area contributed by atoms with Crippen molar-refractivity contribution in [2.75, 3.05) is 18.7 Å². The molecule has 0 saturated carbocycles. The summed E-state index contributed by atoms with van der Waals surface area (Å²) in [5.41, 5.74) is 2.27. The molecule has 0 aliphatic carbocycles. The maximum absolute atomic E-state index is 12.4. The Morgan fingerprint density at radius 1 is 1.12 bits per heavy atom. The Morgan fingerprint density at radius 2 is 1.94 bits per heavy atom. The Balaban J connectivity index is 1.46. The molecule has 1 amide bonds. The van der Waals surface area contributed by atoms with Gasteiger partial charge in [-0.1, -0.05) is 29.8 Å². The van der Waals surface area contributed by atoms with Crippen molar-refractivity contribution in [3.05, 3.63) is 81.3 Å². The molecular weight excluding hydrogens is 510 g/mol. The fourth-order valence-corrected chi connectivity index (χ4v) is 3.95. The van der Waals surface area contributed by atoms with Crippen molar-refractivity contribution in [1.82, 2.24) is 0 Å². The van der Waals surface area contributed by atoms with Crippen LogP contribution in [0.4, 0.5) is 5.69 Å². The van der Waals surface area contributed by atoms with Crippen LogP contribution in [0.15, 0.2) is 65.1 Å². The molecule has 0 fully saturated rings. The molecule has 1 aliphatic heterocycles. The molecule has 1 N–H and O–H groups in total. The highest BCUT2D eigenvalue weighted by atomic mass is 79.9. The highest BCUT2D eigenvalue weighted by molar-refractivity contribution is 9.10. The summed E-state index contributed by atoms with van der Waals surface area (Å²) in [6.07, 6.45) is 3.15. The van der Waals surface area contributed by atoms with Crippen molar-refractivity contribution in [3.8, 4) is 23.0 Å². The smallest absolute Gasteiger partial charge is 0.248 e. The summed E-state index contributed by atoms with van der Waals surface area (Å²) < 4.78 is 23.1. The maximum Gasteiger partial charge on any atom is 0.248 e. The number of amides is 1. The van der Waals surface area contributed by atoms with Gasteiger partial charge in [-0.25, -0.2) is 0 Å². The molecule has 0 atom stereocenters. The average molecular weight is 531 g/mol. The topological polar surface area (TPSA) is 66.0 Å². The zero-order chi connectivity index (χ0) is 23.2. The number of fused-ring (bicyclic) bond motifs is 1. The fraction of sp³-hybridized carbons (Fsp3) is 0.160. The summed E-state index contributed by atoms with van der Waals surface area (Å²) in [5.74, 6) is 2.12. The lowest BCUT2D eigenvalue weighted by Gasteiger charge is -2.15. The average Bonchev–Trinajstić information content (AvgIpc) is 3.26. The highest BCUT2D eigenvalue weighted by Crippen LogP contribution is 2.38. The molecule has 0 bridgehead atoms. The third-order valence-electron chi connectivity index (χ3n) is 4.73. The minimum atomic E-state index is -0.276. The van der Waals surface area contributed by atoms with Crippen LogP contribution in [0.2, 0.25) is 5.02 Å². The van der Waals surface area contributed by atoms with Crippen molar-refractivity contribution in [3.63, 3.8) is 0 Å². The van der Waals surface area contributed by atoms with Crippen LogP contribution in [-0.4, -0.2) is 19.3 Å². The largest absolute Gasteiger partial charge is 0.490 e. The van der Waals surface area contributed by atoms with Gasteiger partial charge in [0.15, 0.2) is 23.0 Å². The van der Waals surface area contributed by atoms with Crippen LogP contribution < -0.4 is 24.3 Å². The quantitative estimate of drug-likeness (QED) is 0.339. The fourth-order valence-electron chi connectivity index (χ4n) is 3.18. The maximum atomic E-state index is 12.4. The first-order chi connectivity index (χ1) is 16.0. The number of anilines is 1. The molecule has 0 aromatic heterocycles. The SMILES string of the molecule is CCOc1cc(/C=C/C(=O)Nc2ccc3c(c2)OCO3)cc(Br)c1OCc1ccccc1Cl. The number of benzene rings is 3. The number of ether oxygens (including phenoxy) is 4. The summed E-state index contributed by atoms with van der Waals surface area (Å²) in [6, 6.07) is 16.4. The van der Waals surface area contributed by atoms with E-state index in [1.54, 1.807) is 24.3 Å². The predicted octanol–water partition coefficient (Wildman–Crippen LogP) is 6.46. The van der Waals surface area contributed by atoms with Gasteiger partial charge in [0.2, 0.25) is 12.7 Å². The normalized spacial score (nSPS) is 12.1. The first-order valence-corrected chi connectivity index (χ1v) is 11.4. The summed E-state index contributed by atoms with van der Waals surface area (Å²) in [6.45, 7) is 2.84. The second kappa shape index (κ2) is 10.6. The van der Waals surface area contributed by atoms with Gasteiger partial charge in [0.1, 0.15) is 6.61 Å². The van der Waals surface area contributed by atoms with Gasteiger partial charge in [0.05, 0.1) is 11.1 Å². The Kier molecular flexibility index (Phi) is 7.42. The molecular formula is C25H21BrClNO5. The standard InChI is InChI=1S/C25H21BrClNO5/c1-2-30-23-12-16(11-19(26)25(23)31-14-17-5-3-4-6-20(17)27)7-10-24(29)28-18-8-9-21-22(13-18)33-15-32-21/h3-13H,2,14-15H2,1H3,(H,28,29)/b10-7+. The van der Waals surface area contributed by atoms with E-state index in [0.717, 1.165) is 11.1 Å². The van der Waals surface area contributed by atoms with E-state index < -0.39 is 0 Å². The monoisotopic (exact) mass is 529 g/mol. The van der Waals surface area contributed by atoms with E-state index >= 15 is 0 Å². The molecule has 170 valence electrons. The lowest BCUT2D eigenvalue weighted by Crippen LogP contribution is -2.07. The molecule has 0 saturated heterocycles. The van der Waals surface area contributed by atoms with E-state index in [9.17, 15) is 4.79 Å². The summed E-state index contributed by atoms with van der Waals surface area (Å²) in [7, 11) is 0. The van der Waals surface area contributed by atoms with Gasteiger partial charge in [-0.15, -0.1) is 0 Å². The Labute approximate surface area is 205 Å². The zero-order valence-electron chi connectivity index (χ0n) is 17.8. The van der Waals surface area contributed by atoms with Crippen LogP contribution in [0.5, 0.6) is 23.0 Å². The lowest BCUT2D eigenvalue weighted by molar-refractivity contribution is -0.111. The van der Waals surface area contributed by atoms with Crippen molar-refractivity contribution in [1.29, 1.82) is 0 Å². The van der Waals surface area contributed by atoms with Gasteiger partial charge in [-0.05, 0) is 64.8 Å². The van der Waals surface area contributed by atoms with E-state index in [4.69, 9.17) is 30.5 Å². The van der Waals surface area contributed by atoms with Gasteiger partial charge in [0.25, 0.3) is 0 Å². The van der Waals surface area contributed by atoms with Crippen molar-refractivity contribution in [2.24, 2.45) is 0 Å². The van der Waals surface area contributed by atoms with Crippen LogP contribution in [0, 0.1) is 0 Å². The predicted molar refractivity (Wildman–Crippen MR) is 131 cm³/mol. The van der Waals surface area contributed by atoms with Crippen LogP contribution >= 0.6 is 27.5 Å². The summed E-state index contributed by atoms with van der Waals surface area (Å²) in [5, 5.41) is 3.45. The van der Waals surface area contributed by atoms with Gasteiger partial charge in [0, 0.05) is 28.4 Å². The first-order valence-electron chi connectivity index (χ1n) is 10.2. The molecule has 0 radical (unpaired) electrons.